The number of ether oxygens (including phenoxy) is 1. The predicted octanol–water partition coefficient (Wildman–Crippen LogP) is 4.39. The van der Waals surface area contributed by atoms with E-state index in [1.807, 2.05) is 6.92 Å². The maximum absolute atomic E-state index is 11.1. The number of benzene rings is 1. The highest BCUT2D eigenvalue weighted by Crippen LogP contribution is 2.60. The molecule has 4 saturated carbocycles. The standard InChI is InChI=1S/C24H35N3O3/c1-2-30-9-3-8-25-23(27-21-6-4-20(5-7-21)22(28)29)26-16-24-13-17-10-18(14-24)12-19(11-17)15-24/h4-7,17-19H,2-3,8-16H2,1H3,(H,28,29)(H2,25,26,27). The van der Waals surface area contributed by atoms with Crippen LogP contribution < -0.4 is 10.6 Å². The van der Waals surface area contributed by atoms with Crippen molar-refractivity contribution in [2.45, 2.75) is 51.9 Å². The Hall–Kier alpha value is -2.08. The first-order valence-electron chi connectivity index (χ1n) is 11.5. The lowest BCUT2D eigenvalue weighted by Crippen LogP contribution is -2.48. The van der Waals surface area contributed by atoms with Crippen molar-refractivity contribution in [2.75, 3.05) is 31.6 Å². The van der Waals surface area contributed by atoms with Gasteiger partial charge in [0.1, 0.15) is 0 Å². The number of rotatable bonds is 9. The fourth-order valence-corrected chi connectivity index (χ4v) is 6.23. The van der Waals surface area contributed by atoms with Crippen molar-refractivity contribution in [3.8, 4) is 0 Å². The summed E-state index contributed by atoms with van der Waals surface area (Å²) in [5.74, 6) is 2.64. The smallest absolute Gasteiger partial charge is 0.335 e. The molecule has 0 amide bonds. The molecule has 164 valence electrons. The van der Waals surface area contributed by atoms with Crippen LogP contribution in [0.5, 0.6) is 0 Å². The van der Waals surface area contributed by atoms with Crippen LogP contribution in [-0.4, -0.2) is 43.3 Å². The highest BCUT2D eigenvalue weighted by atomic mass is 16.5. The van der Waals surface area contributed by atoms with Crippen LogP contribution in [0.2, 0.25) is 0 Å². The molecule has 5 rings (SSSR count). The number of carboxylic acid groups (broad SMARTS) is 1. The van der Waals surface area contributed by atoms with Crippen molar-refractivity contribution < 1.29 is 14.6 Å². The predicted molar refractivity (Wildman–Crippen MR) is 119 cm³/mol. The molecule has 0 radical (unpaired) electrons. The molecule has 4 bridgehead atoms. The molecule has 0 aromatic heterocycles. The number of carboxylic acids is 1. The summed E-state index contributed by atoms with van der Waals surface area (Å²) in [7, 11) is 0. The maximum atomic E-state index is 11.1. The lowest BCUT2D eigenvalue weighted by Gasteiger charge is -2.56. The summed E-state index contributed by atoms with van der Waals surface area (Å²) >= 11 is 0. The van der Waals surface area contributed by atoms with E-state index in [0.29, 0.717) is 5.41 Å². The van der Waals surface area contributed by atoms with E-state index in [1.54, 1.807) is 24.3 Å². The van der Waals surface area contributed by atoms with Crippen molar-refractivity contribution in [3.63, 3.8) is 0 Å². The molecule has 4 aliphatic carbocycles. The minimum absolute atomic E-state index is 0.289. The molecule has 6 heteroatoms. The molecule has 0 unspecified atom stereocenters. The number of anilines is 1. The van der Waals surface area contributed by atoms with Gasteiger partial charge in [-0.2, -0.15) is 0 Å². The summed E-state index contributed by atoms with van der Waals surface area (Å²) in [6.07, 6.45) is 9.27. The minimum atomic E-state index is -0.911. The third-order valence-corrected chi connectivity index (χ3v) is 7.09. The number of carbonyl (C=O) groups is 1. The van der Waals surface area contributed by atoms with Gasteiger partial charge in [-0.3, -0.25) is 4.99 Å². The first-order valence-corrected chi connectivity index (χ1v) is 11.5. The second-order valence-corrected chi connectivity index (χ2v) is 9.57. The topological polar surface area (TPSA) is 83.0 Å². The Kier molecular flexibility index (Phi) is 6.61. The van der Waals surface area contributed by atoms with Gasteiger partial charge in [0.15, 0.2) is 5.96 Å². The fourth-order valence-electron chi connectivity index (χ4n) is 6.23. The molecular formula is C24H35N3O3. The number of aromatic carboxylic acids is 1. The van der Waals surface area contributed by atoms with E-state index in [4.69, 9.17) is 14.8 Å². The summed E-state index contributed by atoms with van der Waals surface area (Å²) in [6, 6.07) is 6.84. The third-order valence-electron chi connectivity index (χ3n) is 7.09. The second kappa shape index (κ2) is 9.38. The van der Waals surface area contributed by atoms with Crippen LogP contribution in [0.15, 0.2) is 29.3 Å². The number of hydrogen-bond donors (Lipinski definition) is 3. The first-order chi connectivity index (χ1) is 14.5. The maximum Gasteiger partial charge on any atom is 0.335 e. The van der Waals surface area contributed by atoms with Crippen LogP contribution in [-0.2, 0) is 4.74 Å². The average molecular weight is 414 g/mol. The van der Waals surface area contributed by atoms with Gasteiger partial charge in [-0.25, -0.2) is 4.79 Å². The molecule has 1 aromatic carbocycles. The van der Waals surface area contributed by atoms with Gasteiger partial charge in [-0.1, -0.05) is 0 Å². The Labute approximate surface area is 179 Å². The van der Waals surface area contributed by atoms with E-state index < -0.39 is 5.97 Å². The molecule has 4 fully saturated rings. The highest BCUT2D eigenvalue weighted by Gasteiger charge is 2.50. The van der Waals surface area contributed by atoms with Crippen LogP contribution in [0.4, 0.5) is 5.69 Å². The zero-order valence-electron chi connectivity index (χ0n) is 18.0. The second-order valence-electron chi connectivity index (χ2n) is 9.57. The van der Waals surface area contributed by atoms with Crippen molar-refractivity contribution >= 4 is 17.6 Å². The Balaban J connectivity index is 1.42. The van der Waals surface area contributed by atoms with Gasteiger partial charge < -0.3 is 20.5 Å². The van der Waals surface area contributed by atoms with Gasteiger partial charge in [0, 0.05) is 32.0 Å². The van der Waals surface area contributed by atoms with Crippen LogP contribution in [0.3, 0.4) is 0 Å². The van der Waals surface area contributed by atoms with Gasteiger partial charge >= 0.3 is 5.97 Å². The fraction of sp³-hybridized carbons (Fsp3) is 0.667. The molecule has 0 atom stereocenters. The number of nitrogens with zero attached hydrogens (tertiary/aromatic N) is 1. The van der Waals surface area contributed by atoms with Gasteiger partial charge in [-0.15, -0.1) is 0 Å². The monoisotopic (exact) mass is 413 g/mol. The van der Waals surface area contributed by atoms with E-state index in [-0.39, 0.29) is 5.56 Å². The number of nitrogens with one attached hydrogen (secondary N) is 2. The van der Waals surface area contributed by atoms with Crippen molar-refractivity contribution in [2.24, 2.45) is 28.2 Å². The summed E-state index contributed by atoms with van der Waals surface area (Å²) < 4.78 is 5.44. The molecule has 1 aromatic rings. The zero-order valence-corrected chi connectivity index (χ0v) is 18.0. The number of hydrogen-bond acceptors (Lipinski definition) is 3. The molecule has 0 heterocycles. The quantitative estimate of drug-likeness (QED) is 0.318. The van der Waals surface area contributed by atoms with Crippen molar-refractivity contribution in [3.05, 3.63) is 29.8 Å². The molecule has 3 N–H and O–H groups in total. The van der Waals surface area contributed by atoms with E-state index >= 15 is 0 Å². The van der Waals surface area contributed by atoms with E-state index in [2.05, 4.69) is 10.6 Å². The van der Waals surface area contributed by atoms with E-state index in [9.17, 15) is 4.79 Å². The SMILES string of the molecule is CCOCCCNC(=NCC12CC3CC(CC(C3)C1)C2)Nc1ccc(C(=O)O)cc1. The zero-order chi connectivity index (χ0) is 21.0. The van der Waals surface area contributed by atoms with Crippen molar-refractivity contribution in [1.29, 1.82) is 0 Å². The Morgan fingerprint density at radius 3 is 2.33 bits per heavy atom. The van der Waals surface area contributed by atoms with Gasteiger partial charge in [0.25, 0.3) is 0 Å². The number of guanidine groups is 1. The summed E-state index contributed by atoms with van der Waals surface area (Å²) in [6.45, 7) is 5.15. The number of aliphatic imine (C=N–C) groups is 1. The van der Waals surface area contributed by atoms with Crippen LogP contribution in [0, 0.1) is 23.2 Å². The largest absolute Gasteiger partial charge is 0.478 e. The molecule has 0 saturated heterocycles. The van der Waals surface area contributed by atoms with Gasteiger partial charge in [0.05, 0.1) is 5.56 Å². The van der Waals surface area contributed by atoms with Gasteiger partial charge in [-0.05, 0) is 99.3 Å². The van der Waals surface area contributed by atoms with Crippen LogP contribution in [0.1, 0.15) is 62.2 Å². The first kappa shape index (κ1) is 21.2. The van der Waals surface area contributed by atoms with E-state index in [0.717, 1.165) is 62.1 Å². The molecule has 0 spiro atoms. The Morgan fingerprint density at radius 1 is 1.13 bits per heavy atom. The Bertz CT molecular complexity index is 724. The molecule has 0 aliphatic heterocycles. The lowest BCUT2D eigenvalue weighted by atomic mass is 9.49. The summed E-state index contributed by atoms with van der Waals surface area (Å²) in [4.78, 5) is 16.1. The molecular weight excluding hydrogens is 378 g/mol. The van der Waals surface area contributed by atoms with E-state index in [1.165, 1.54) is 38.5 Å². The molecule has 6 nitrogen and oxygen atoms in total. The summed E-state index contributed by atoms with van der Waals surface area (Å²) in [5, 5.41) is 15.9. The van der Waals surface area contributed by atoms with Crippen molar-refractivity contribution in [1.82, 2.24) is 5.32 Å². The Morgan fingerprint density at radius 2 is 1.77 bits per heavy atom. The highest BCUT2D eigenvalue weighted by molar-refractivity contribution is 5.94. The summed E-state index contributed by atoms with van der Waals surface area (Å²) in [5.41, 5.74) is 1.53. The minimum Gasteiger partial charge on any atom is -0.478 e. The van der Waals surface area contributed by atoms with Crippen LogP contribution >= 0.6 is 0 Å². The molecule has 4 aliphatic rings. The third kappa shape index (κ3) is 5.15. The lowest BCUT2D eigenvalue weighted by molar-refractivity contribution is -0.0465. The van der Waals surface area contributed by atoms with Gasteiger partial charge in [0.2, 0.25) is 0 Å². The van der Waals surface area contributed by atoms with Crippen LogP contribution in [0.25, 0.3) is 0 Å². The average Bonchev–Trinajstić information content (AvgIpc) is 2.71. The molecule has 30 heavy (non-hydrogen) atoms. The normalized spacial score (nSPS) is 29.8.